The first-order valence-corrected chi connectivity index (χ1v) is 11.6. The Bertz CT molecular complexity index is 999. The monoisotopic (exact) mass is 453 g/mol. The number of anilines is 1. The molecule has 0 aromatic heterocycles. The van der Waals surface area contributed by atoms with Gasteiger partial charge in [-0.1, -0.05) is 48.9 Å². The van der Waals surface area contributed by atoms with Crippen LogP contribution < -0.4 is 9.62 Å². The van der Waals surface area contributed by atoms with Crippen molar-refractivity contribution in [1.29, 1.82) is 0 Å². The van der Waals surface area contributed by atoms with Gasteiger partial charge in [-0.3, -0.25) is 19.2 Å². The Morgan fingerprint density at radius 1 is 1.23 bits per heavy atom. The Morgan fingerprint density at radius 2 is 1.90 bits per heavy atom. The van der Waals surface area contributed by atoms with Gasteiger partial charge in [0.1, 0.15) is 0 Å². The van der Waals surface area contributed by atoms with E-state index in [4.69, 9.17) is 11.6 Å². The van der Waals surface area contributed by atoms with E-state index < -0.39 is 14.9 Å². The van der Waals surface area contributed by atoms with Crippen LogP contribution in [0, 0.1) is 10.1 Å². The predicted octanol–water partition coefficient (Wildman–Crippen LogP) is 3.71. The summed E-state index contributed by atoms with van der Waals surface area (Å²) >= 11 is 6.08. The van der Waals surface area contributed by atoms with Gasteiger partial charge in [0, 0.05) is 31.6 Å². The van der Waals surface area contributed by atoms with Crippen LogP contribution in [-0.4, -0.2) is 38.6 Å². The smallest absolute Gasteiger partial charge is 0.271 e. The predicted molar refractivity (Wildman–Crippen MR) is 117 cm³/mol. The number of carbonyl (C=O) groups is 1. The van der Waals surface area contributed by atoms with Crippen molar-refractivity contribution in [2.45, 2.75) is 25.7 Å². The highest BCUT2D eigenvalue weighted by Crippen LogP contribution is 2.31. The number of nitro benzene ring substituents is 1. The molecule has 2 aromatic carbocycles. The Labute approximate surface area is 181 Å². The Hall–Kier alpha value is -2.65. The summed E-state index contributed by atoms with van der Waals surface area (Å²) in [6.07, 6.45) is 1.33. The number of halogens is 1. The lowest BCUT2D eigenvalue weighted by Crippen LogP contribution is -2.33. The summed E-state index contributed by atoms with van der Waals surface area (Å²) in [5, 5.41) is 13.9. The fourth-order valence-corrected chi connectivity index (χ4v) is 4.15. The van der Waals surface area contributed by atoms with E-state index in [-0.39, 0.29) is 47.6 Å². The molecule has 2 aromatic rings. The molecule has 0 radical (unpaired) electrons. The zero-order valence-corrected chi connectivity index (χ0v) is 18.3. The molecule has 0 saturated heterocycles. The highest BCUT2D eigenvalue weighted by Gasteiger charge is 2.22. The zero-order valence-electron chi connectivity index (χ0n) is 16.7. The lowest BCUT2D eigenvalue weighted by Gasteiger charge is -2.23. The second kappa shape index (κ2) is 10.4. The van der Waals surface area contributed by atoms with Crippen molar-refractivity contribution in [2.75, 3.05) is 23.7 Å². The van der Waals surface area contributed by atoms with E-state index in [2.05, 4.69) is 5.32 Å². The lowest BCUT2D eigenvalue weighted by atomic mass is 10.0. The van der Waals surface area contributed by atoms with E-state index in [0.29, 0.717) is 6.54 Å². The Morgan fingerprint density at radius 3 is 2.50 bits per heavy atom. The van der Waals surface area contributed by atoms with Gasteiger partial charge >= 0.3 is 0 Å². The van der Waals surface area contributed by atoms with Gasteiger partial charge in [-0.15, -0.1) is 0 Å². The summed E-state index contributed by atoms with van der Waals surface area (Å²) in [6, 6.07) is 13.4. The van der Waals surface area contributed by atoms with E-state index >= 15 is 0 Å². The van der Waals surface area contributed by atoms with Gasteiger partial charge in [-0.2, -0.15) is 0 Å². The molecule has 0 aliphatic carbocycles. The molecule has 0 aliphatic rings. The van der Waals surface area contributed by atoms with Crippen molar-refractivity contribution in [1.82, 2.24) is 5.32 Å². The molecule has 10 heteroatoms. The normalized spacial score (nSPS) is 12.2. The average molecular weight is 454 g/mol. The van der Waals surface area contributed by atoms with Crippen LogP contribution in [0.2, 0.25) is 5.02 Å². The van der Waals surface area contributed by atoms with Crippen molar-refractivity contribution in [3.8, 4) is 0 Å². The third-order valence-corrected chi connectivity index (χ3v) is 6.05. The first-order chi connectivity index (χ1) is 14.1. The number of hydrogen-bond acceptors (Lipinski definition) is 5. The number of nitrogens with one attached hydrogen (secondary N) is 1. The number of non-ortho nitro benzene ring substituents is 1. The van der Waals surface area contributed by atoms with Gasteiger partial charge < -0.3 is 5.32 Å². The molecule has 1 amide bonds. The largest absolute Gasteiger partial charge is 0.356 e. The maximum absolute atomic E-state index is 12.2. The topological polar surface area (TPSA) is 110 Å². The minimum absolute atomic E-state index is 0.0199. The second-order valence-corrected chi connectivity index (χ2v) is 9.26. The average Bonchev–Trinajstić information content (AvgIpc) is 2.69. The van der Waals surface area contributed by atoms with E-state index in [9.17, 15) is 23.3 Å². The van der Waals surface area contributed by atoms with Crippen LogP contribution >= 0.6 is 11.6 Å². The molecular formula is C20H24ClN3O5S. The van der Waals surface area contributed by atoms with E-state index in [1.807, 2.05) is 37.3 Å². The van der Waals surface area contributed by atoms with Crippen molar-refractivity contribution < 1.29 is 18.1 Å². The van der Waals surface area contributed by atoms with Crippen LogP contribution in [0.3, 0.4) is 0 Å². The van der Waals surface area contributed by atoms with Crippen LogP contribution in [0.4, 0.5) is 11.4 Å². The minimum Gasteiger partial charge on any atom is -0.356 e. The summed E-state index contributed by atoms with van der Waals surface area (Å²) in [7, 11) is -3.75. The fourth-order valence-electron chi connectivity index (χ4n) is 2.91. The molecule has 1 N–H and O–H groups in total. The number of carbonyl (C=O) groups excluding carboxylic acids is 1. The summed E-state index contributed by atoms with van der Waals surface area (Å²) in [5.74, 6) is -0.0530. The van der Waals surface area contributed by atoms with Crippen LogP contribution in [-0.2, 0) is 14.8 Å². The number of nitrogens with zero attached hydrogens (tertiary/aromatic N) is 2. The van der Waals surface area contributed by atoms with Gasteiger partial charge in [0.15, 0.2) is 0 Å². The van der Waals surface area contributed by atoms with Gasteiger partial charge in [0.25, 0.3) is 5.69 Å². The maximum atomic E-state index is 12.2. The molecule has 1 unspecified atom stereocenters. The first-order valence-electron chi connectivity index (χ1n) is 9.33. The standard InChI is InChI=1S/C20H24ClN3O5S/c1-15(16-7-4-3-5-8-16)14-22-20(25)9-6-12-23(30(2,28)29)19-13-17(24(26)27)10-11-18(19)21/h3-5,7-8,10-11,13,15H,6,9,12,14H2,1-2H3,(H,22,25). The Balaban J connectivity index is 1.97. The van der Waals surface area contributed by atoms with Crippen LogP contribution in [0.15, 0.2) is 48.5 Å². The van der Waals surface area contributed by atoms with E-state index in [1.165, 1.54) is 12.1 Å². The molecule has 30 heavy (non-hydrogen) atoms. The van der Waals surface area contributed by atoms with Crippen molar-refractivity contribution in [3.63, 3.8) is 0 Å². The third kappa shape index (κ3) is 6.70. The molecule has 0 heterocycles. The molecule has 1 atom stereocenters. The molecular weight excluding hydrogens is 430 g/mol. The van der Waals surface area contributed by atoms with Crippen molar-refractivity contribution >= 4 is 38.9 Å². The van der Waals surface area contributed by atoms with Crippen molar-refractivity contribution in [3.05, 3.63) is 69.2 Å². The van der Waals surface area contributed by atoms with E-state index in [1.54, 1.807) is 0 Å². The number of hydrogen-bond donors (Lipinski definition) is 1. The number of nitro groups is 1. The summed E-state index contributed by atoms with van der Waals surface area (Å²) in [6.45, 7) is 2.45. The van der Waals surface area contributed by atoms with Crippen LogP contribution in [0.5, 0.6) is 0 Å². The second-order valence-electron chi connectivity index (χ2n) is 6.95. The van der Waals surface area contributed by atoms with Crippen molar-refractivity contribution in [2.24, 2.45) is 0 Å². The molecule has 0 saturated carbocycles. The van der Waals surface area contributed by atoms with Gasteiger partial charge in [-0.05, 0) is 24.0 Å². The molecule has 162 valence electrons. The van der Waals surface area contributed by atoms with Gasteiger partial charge in [0.2, 0.25) is 15.9 Å². The third-order valence-electron chi connectivity index (χ3n) is 4.55. The highest BCUT2D eigenvalue weighted by atomic mass is 35.5. The molecule has 0 fully saturated rings. The molecule has 2 rings (SSSR count). The van der Waals surface area contributed by atoms with Crippen LogP contribution in [0.25, 0.3) is 0 Å². The summed E-state index contributed by atoms with van der Waals surface area (Å²) < 4.78 is 25.4. The molecule has 8 nitrogen and oxygen atoms in total. The Kier molecular flexibility index (Phi) is 8.19. The first kappa shape index (κ1) is 23.6. The lowest BCUT2D eigenvalue weighted by molar-refractivity contribution is -0.384. The SMILES string of the molecule is CC(CNC(=O)CCCN(c1cc([N+](=O)[O-])ccc1Cl)S(C)(=O)=O)c1ccccc1. The number of amides is 1. The number of rotatable bonds is 10. The molecule has 0 spiro atoms. The summed E-state index contributed by atoms with van der Waals surface area (Å²) in [4.78, 5) is 22.6. The van der Waals surface area contributed by atoms with Crippen LogP contribution in [0.1, 0.15) is 31.2 Å². The van der Waals surface area contributed by atoms with Gasteiger partial charge in [0.05, 0.1) is 21.9 Å². The van der Waals surface area contributed by atoms with E-state index in [0.717, 1.165) is 22.2 Å². The fraction of sp³-hybridized carbons (Fsp3) is 0.350. The highest BCUT2D eigenvalue weighted by molar-refractivity contribution is 7.92. The number of benzene rings is 2. The maximum Gasteiger partial charge on any atom is 0.271 e. The van der Waals surface area contributed by atoms with Gasteiger partial charge in [-0.25, -0.2) is 8.42 Å². The molecule has 0 bridgehead atoms. The summed E-state index contributed by atoms with van der Waals surface area (Å²) in [5.41, 5.74) is 0.864. The minimum atomic E-state index is -3.75. The zero-order chi connectivity index (χ0) is 22.3. The molecule has 0 aliphatic heterocycles. The quantitative estimate of drug-likeness (QED) is 0.435. The number of sulfonamides is 1.